The fourth-order valence-corrected chi connectivity index (χ4v) is 4.03. The van der Waals surface area contributed by atoms with Gasteiger partial charge < -0.3 is 4.74 Å². The van der Waals surface area contributed by atoms with Crippen molar-refractivity contribution < 1.29 is 4.74 Å². The molecule has 0 saturated carbocycles. The van der Waals surface area contributed by atoms with E-state index >= 15 is 0 Å². The first kappa shape index (κ1) is 18.0. The molecule has 4 heteroatoms. The molecule has 0 atom stereocenters. The maximum Gasteiger partial charge on any atom is 0.0788 e. The number of nitrogens with zero attached hydrogens (tertiary/aromatic N) is 2. The van der Waals surface area contributed by atoms with E-state index in [2.05, 4.69) is 70.7 Å². The fraction of sp³-hybridized carbons (Fsp3) is 0.348. The molecule has 0 saturated heterocycles. The van der Waals surface area contributed by atoms with Crippen LogP contribution in [0.1, 0.15) is 40.4 Å². The Hall–Kier alpha value is -2.43. The van der Waals surface area contributed by atoms with Crippen LogP contribution in [-0.4, -0.2) is 41.9 Å². The number of H-pyrrole nitrogens is 1. The Balaban J connectivity index is 1.68. The van der Waals surface area contributed by atoms with E-state index < -0.39 is 0 Å². The third-order valence-electron chi connectivity index (χ3n) is 5.41. The van der Waals surface area contributed by atoms with Gasteiger partial charge in [0.15, 0.2) is 0 Å². The molecule has 3 aromatic rings. The second kappa shape index (κ2) is 8.51. The Morgan fingerprint density at radius 1 is 1.04 bits per heavy atom. The molecule has 0 spiro atoms. The summed E-state index contributed by atoms with van der Waals surface area (Å²) in [4.78, 5) is 2.52. The van der Waals surface area contributed by atoms with Crippen LogP contribution in [0.5, 0.6) is 0 Å². The van der Waals surface area contributed by atoms with Crippen molar-refractivity contribution in [2.75, 3.05) is 26.8 Å². The average Bonchev–Trinajstić information content (AvgIpc) is 3.13. The third-order valence-corrected chi connectivity index (χ3v) is 5.41. The first-order chi connectivity index (χ1) is 13.4. The predicted octanol–water partition coefficient (Wildman–Crippen LogP) is 3.98. The lowest BCUT2D eigenvalue weighted by atomic mass is 9.85. The van der Waals surface area contributed by atoms with Crippen molar-refractivity contribution >= 4 is 0 Å². The molecular weight excluding hydrogens is 334 g/mol. The SMILES string of the molecule is COCCCN1CCc2[nH]nc(C(c3ccccc3)c3ccccc3)c2C1. The molecule has 0 bridgehead atoms. The number of rotatable bonds is 7. The second-order valence-electron chi connectivity index (χ2n) is 7.19. The van der Waals surface area contributed by atoms with Crippen LogP contribution in [0.4, 0.5) is 0 Å². The molecule has 0 radical (unpaired) electrons. The fourth-order valence-electron chi connectivity index (χ4n) is 4.03. The van der Waals surface area contributed by atoms with Crippen molar-refractivity contribution in [1.82, 2.24) is 15.1 Å². The van der Waals surface area contributed by atoms with Gasteiger partial charge in [0.2, 0.25) is 0 Å². The van der Waals surface area contributed by atoms with Gasteiger partial charge in [0.05, 0.1) is 11.6 Å². The summed E-state index contributed by atoms with van der Waals surface area (Å²) < 4.78 is 5.22. The molecule has 4 nitrogen and oxygen atoms in total. The van der Waals surface area contributed by atoms with Crippen molar-refractivity contribution in [1.29, 1.82) is 0 Å². The highest BCUT2D eigenvalue weighted by atomic mass is 16.5. The molecule has 1 aliphatic rings. The minimum atomic E-state index is 0.159. The molecule has 1 aliphatic heterocycles. The molecule has 0 unspecified atom stereocenters. The number of nitrogens with one attached hydrogen (secondary N) is 1. The van der Waals surface area contributed by atoms with E-state index in [0.29, 0.717) is 0 Å². The monoisotopic (exact) mass is 361 g/mol. The summed E-state index contributed by atoms with van der Waals surface area (Å²) in [7, 11) is 1.77. The number of methoxy groups -OCH3 is 1. The molecule has 0 amide bonds. The zero-order valence-corrected chi connectivity index (χ0v) is 15.9. The summed E-state index contributed by atoms with van der Waals surface area (Å²) >= 11 is 0. The Bertz CT molecular complexity index is 805. The van der Waals surface area contributed by atoms with Gasteiger partial charge in [-0.1, -0.05) is 60.7 Å². The third kappa shape index (κ3) is 3.97. The van der Waals surface area contributed by atoms with E-state index in [1.165, 1.54) is 28.1 Å². The quantitative estimate of drug-likeness (QED) is 0.647. The van der Waals surface area contributed by atoms with Crippen LogP contribution in [-0.2, 0) is 17.7 Å². The van der Waals surface area contributed by atoms with E-state index in [1.807, 2.05) is 0 Å². The van der Waals surface area contributed by atoms with E-state index in [0.717, 1.165) is 39.1 Å². The van der Waals surface area contributed by atoms with E-state index in [1.54, 1.807) is 7.11 Å². The summed E-state index contributed by atoms with van der Waals surface area (Å²) in [5, 5.41) is 8.14. The molecule has 2 heterocycles. The van der Waals surface area contributed by atoms with Gasteiger partial charge in [-0.05, 0) is 17.5 Å². The standard InChI is InChI=1S/C23H27N3O/c1-27-16-8-14-26-15-13-21-20(17-26)23(25-24-21)22(18-9-4-2-5-10-18)19-11-6-3-7-12-19/h2-7,9-12,22H,8,13-17H2,1H3,(H,24,25). The summed E-state index contributed by atoms with van der Waals surface area (Å²) in [6.07, 6.45) is 2.10. The largest absolute Gasteiger partial charge is 0.385 e. The van der Waals surface area contributed by atoms with E-state index in [4.69, 9.17) is 9.84 Å². The zero-order chi connectivity index (χ0) is 18.5. The molecular formula is C23H27N3O. The van der Waals surface area contributed by atoms with Gasteiger partial charge in [-0.15, -0.1) is 0 Å². The van der Waals surface area contributed by atoms with Crippen molar-refractivity contribution in [2.45, 2.75) is 25.3 Å². The topological polar surface area (TPSA) is 41.1 Å². The summed E-state index contributed by atoms with van der Waals surface area (Å²) in [5.74, 6) is 0.159. The van der Waals surface area contributed by atoms with Gasteiger partial charge in [0.25, 0.3) is 0 Å². The van der Waals surface area contributed by atoms with Gasteiger partial charge in [0.1, 0.15) is 0 Å². The highest BCUT2D eigenvalue weighted by Crippen LogP contribution is 2.35. The smallest absolute Gasteiger partial charge is 0.0788 e. The van der Waals surface area contributed by atoms with Gasteiger partial charge in [-0.25, -0.2) is 0 Å². The minimum Gasteiger partial charge on any atom is -0.385 e. The molecule has 1 aromatic heterocycles. The van der Waals surface area contributed by atoms with Crippen molar-refractivity contribution in [3.63, 3.8) is 0 Å². The minimum absolute atomic E-state index is 0.159. The van der Waals surface area contributed by atoms with Gasteiger partial charge in [-0.3, -0.25) is 10.00 Å². The van der Waals surface area contributed by atoms with Gasteiger partial charge >= 0.3 is 0 Å². The Morgan fingerprint density at radius 3 is 2.33 bits per heavy atom. The van der Waals surface area contributed by atoms with Crippen LogP contribution in [0.2, 0.25) is 0 Å². The average molecular weight is 361 g/mol. The van der Waals surface area contributed by atoms with Crippen LogP contribution in [0.15, 0.2) is 60.7 Å². The number of ether oxygens (including phenoxy) is 1. The van der Waals surface area contributed by atoms with Gasteiger partial charge in [0, 0.05) is 51.0 Å². The van der Waals surface area contributed by atoms with E-state index in [9.17, 15) is 0 Å². The summed E-state index contributed by atoms with van der Waals surface area (Å²) in [6, 6.07) is 21.4. The first-order valence-electron chi connectivity index (χ1n) is 9.74. The second-order valence-corrected chi connectivity index (χ2v) is 7.19. The molecule has 1 N–H and O–H groups in total. The molecule has 0 aliphatic carbocycles. The normalized spacial score (nSPS) is 14.4. The lowest BCUT2D eigenvalue weighted by Crippen LogP contribution is -2.32. The van der Waals surface area contributed by atoms with Crippen LogP contribution >= 0.6 is 0 Å². The molecule has 4 rings (SSSR count). The molecule has 27 heavy (non-hydrogen) atoms. The Morgan fingerprint density at radius 2 is 1.70 bits per heavy atom. The van der Waals surface area contributed by atoms with Gasteiger partial charge in [-0.2, -0.15) is 5.10 Å². The highest BCUT2D eigenvalue weighted by Gasteiger charge is 2.28. The maximum atomic E-state index is 5.22. The number of hydrogen-bond donors (Lipinski definition) is 1. The Labute approximate surface area is 161 Å². The van der Waals surface area contributed by atoms with Crippen molar-refractivity contribution in [2.24, 2.45) is 0 Å². The maximum absolute atomic E-state index is 5.22. The number of aromatic amines is 1. The van der Waals surface area contributed by atoms with Crippen LogP contribution in [0, 0.1) is 0 Å². The van der Waals surface area contributed by atoms with Crippen LogP contribution in [0.3, 0.4) is 0 Å². The van der Waals surface area contributed by atoms with Crippen molar-refractivity contribution in [3.05, 3.63) is 88.7 Å². The number of fused-ring (bicyclic) bond motifs is 1. The zero-order valence-electron chi connectivity index (χ0n) is 15.9. The Kier molecular flexibility index (Phi) is 5.66. The lowest BCUT2D eigenvalue weighted by Gasteiger charge is -2.28. The van der Waals surface area contributed by atoms with Crippen LogP contribution < -0.4 is 0 Å². The number of hydrogen-bond acceptors (Lipinski definition) is 3. The van der Waals surface area contributed by atoms with Crippen molar-refractivity contribution in [3.8, 4) is 0 Å². The molecule has 2 aromatic carbocycles. The summed E-state index contributed by atoms with van der Waals surface area (Å²) in [6.45, 7) is 3.93. The van der Waals surface area contributed by atoms with Crippen LogP contribution in [0.25, 0.3) is 0 Å². The molecule has 140 valence electrons. The molecule has 0 fully saturated rings. The number of aromatic nitrogens is 2. The first-order valence-corrected chi connectivity index (χ1v) is 9.74. The predicted molar refractivity (Wildman–Crippen MR) is 108 cm³/mol. The highest BCUT2D eigenvalue weighted by molar-refractivity contribution is 5.44. The number of benzene rings is 2. The lowest BCUT2D eigenvalue weighted by molar-refractivity contribution is 0.166. The van der Waals surface area contributed by atoms with E-state index in [-0.39, 0.29) is 5.92 Å². The summed E-state index contributed by atoms with van der Waals surface area (Å²) in [5.41, 5.74) is 6.41.